The topological polar surface area (TPSA) is 101 Å². The van der Waals surface area contributed by atoms with Crippen LogP contribution in [0.25, 0.3) is 0 Å². The molecule has 0 spiro atoms. The number of benzene rings is 2. The predicted octanol–water partition coefficient (Wildman–Crippen LogP) is 2.53. The molecule has 0 radical (unpaired) electrons. The van der Waals surface area contributed by atoms with Crippen LogP contribution in [0.1, 0.15) is 23.2 Å². The minimum Gasteiger partial charge on any atom is -0.481 e. The molecule has 0 unspecified atom stereocenters. The molecule has 0 heterocycles. The molecule has 0 amide bonds. The second-order valence-corrected chi connectivity index (χ2v) is 6.50. The first kappa shape index (κ1) is 16.7. The normalized spacial score (nSPS) is 11.0. The number of carboxylic acids is 1. The Kier molecular flexibility index (Phi) is 5.13. The van der Waals surface area contributed by atoms with Crippen molar-refractivity contribution in [1.29, 1.82) is 0 Å². The van der Waals surface area contributed by atoms with E-state index in [1.165, 1.54) is 36.4 Å². The summed E-state index contributed by atoms with van der Waals surface area (Å²) in [4.78, 5) is 22.5. The summed E-state index contributed by atoms with van der Waals surface area (Å²) in [6.45, 7) is 0. The van der Waals surface area contributed by atoms with Crippen LogP contribution in [0.2, 0.25) is 0 Å². The molecule has 23 heavy (non-hydrogen) atoms. The lowest BCUT2D eigenvalue weighted by molar-refractivity contribution is -0.136. The molecule has 0 aliphatic rings. The van der Waals surface area contributed by atoms with Crippen LogP contribution in [-0.2, 0) is 14.8 Å². The largest absolute Gasteiger partial charge is 0.481 e. The molecule has 2 aromatic carbocycles. The molecular formula is C16H15NO5S. The van der Waals surface area contributed by atoms with Gasteiger partial charge in [-0.15, -0.1) is 0 Å². The van der Waals surface area contributed by atoms with Crippen molar-refractivity contribution in [3.8, 4) is 0 Å². The Morgan fingerprint density at radius 2 is 1.65 bits per heavy atom. The number of aliphatic carboxylic acids is 1. The van der Waals surface area contributed by atoms with E-state index in [1.807, 2.05) is 0 Å². The summed E-state index contributed by atoms with van der Waals surface area (Å²) >= 11 is 0. The molecule has 0 aromatic heterocycles. The minimum absolute atomic E-state index is 0.114. The van der Waals surface area contributed by atoms with Crippen LogP contribution < -0.4 is 4.72 Å². The van der Waals surface area contributed by atoms with Gasteiger partial charge in [-0.3, -0.25) is 14.3 Å². The first-order valence-corrected chi connectivity index (χ1v) is 8.30. The van der Waals surface area contributed by atoms with Crippen LogP contribution in [0.5, 0.6) is 0 Å². The standard InChI is InChI=1S/C16H15NO5S/c18-15(9-10-16(19)20)12-5-4-6-13(11-12)17-23(21,22)14-7-2-1-3-8-14/h1-8,11,17H,9-10H2,(H,19,20). The Hall–Kier alpha value is -2.67. The fourth-order valence-corrected chi connectivity index (χ4v) is 3.01. The maximum atomic E-state index is 12.2. The van der Waals surface area contributed by atoms with E-state index in [1.54, 1.807) is 18.2 Å². The van der Waals surface area contributed by atoms with Gasteiger partial charge in [-0.25, -0.2) is 8.42 Å². The van der Waals surface area contributed by atoms with E-state index < -0.39 is 16.0 Å². The zero-order chi connectivity index (χ0) is 16.9. The summed E-state index contributed by atoms with van der Waals surface area (Å²) in [5.41, 5.74) is 0.509. The molecule has 0 aliphatic heterocycles. The van der Waals surface area contributed by atoms with Crippen molar-refractivity contribution in [2.75, 3.05) is 4.72 Å². The van der Waals surface area contributed by atoms with Gasteiger partial charge in [0.05, 0.1) is 11.3 Å². The first-order chi connectivity index (χ1) is 10.9. The summed E-state index contributed by atoms with van der Waals surface area (Å²) < 4.78 is 26.8. The zero-order valence-electron chi connectivity index (χ0n) is 12.1. The average molecular weight is 333 g/mol. The third-order valence-corrected chi connectivity index (χ3v) is 4.45. The number of nitrogens with one attached hydrogen (secondary N) is 1. The van der Waals surface area contributed by atoms with Crippen LogP contribution >= 0.6 is 0 Å². The molecule has 0 atom stereocenters. The molecule has 2 aromatic rings. The number of carboxylic acid groups (broad SMARTS) is 1. The number of hydrogen-bond donors (Lipinski definition) is 2. The molecule has 0 bridgehead atoms. The van der Waals surface area contributed by atoms with E-state index >= 15 is 0 Å². The lowest BCUT2D eigenvalue weighted by atomic mass is 10.1. The fraction of sp³-hybridized carbons (Fsp3) is 0.125. The lowest BCUT2D eigenvalue weighted by Gasteiger charge is -2.09. The number of Topliss-reactive ketones (excluding diaryl/α,β-unsaturated/α-hetero) is 1. The number of hydrogen-bond acceptors (Lipinski definition) is 4. The van der Waals surface area contributed by atoms with Gasteiger partial charge in [-0.05, 0) is 24.3 Å². The second-order valence-electron chi connectivity index (χ2n) is 4.82. The van der Waals surface area contributed by atoms with Gasteiger partial charge in [0, 0.05) is 17.7 Å². The first-order valence-electron chi connectivity index (χ1n) is 6.81. The smallest absolute Gasteiger partial charge is 0.303 e. The number of rotatable bonds is 7. The summed E-state index contributed by atoms with van der Waals surface area (Å²) in [5, 5.41) is 8.60. The molecule has 0 fully saturated rings. The molecule has 7 heteroatoms. The third-order valence-electron chi connectivity index (χ3n) is 3.06. The van der Waals surface area contributed by atoms with Gasteiger partial charge >= 0.3 is 5.97 Å². The Balaban J connectivity index is 2.17. The molecule has 120 valence electrons. The molecule has 6 nitrogen and oxygen atoms in total. The van der Waals surface area contributed by atoms with Gasteiger partial charge in [0.15, 0.2) is 5.78 Å². The molecule has 0 saturated carbocycles. The van der Waals surface area contributed by atoms with Gasteiger partial charge < -0.3 is 5.11 Å². The van der Waals surface area contributed by atoms with E-state index in [9.17, 15) is 18.0 Å². The number of anilines is 1. The summed E-state index contributed by atoms with van der Waals surface area (Å²) in [6, 6.07) is 13.8. The van der Waals surface area contributed by atoms with Gasteiger partial charge in [0.2, 0.25) is 0 Å². The second kappa shape index (κ2) is 7.06. The maximum Gasteiger partial charge on any atom is 0.303 e. The summed E-state index contributed by atoms with van der Waals surface area (Å²) in [5.74, 6) is -1.41. The van der Waals surface area contributed by atoms with E-state index in [0.29, 0.717) is 0 Å². The Labute approximate surface area is 133 Å². The average Bonchev–Trinajstić information content (AvgIpc) is 2.53. The molecule has 0 saturated heterocycles. The fourth-order valence-electron chi connectivity index (χ4n) is 1.93. The highest BCUT2D eigenvalue weighted by molar-refractivity contribution is 7.92. The van der Waals surface area contributed by atoms with Gasteiger partial charge in [0.25, 0.3) is 10.0 Å². The maximum absolute atomic E-state index is 12.2. The SMILES string of the molecule is O=C(O)CCC(=O)c1cccc(NS(=O)(=O)c2ccccc2)c1. The van der Waals surface area contributed by atoms with E-state index in [-0.39, 0.29) is 34.8 Å². The Bertz CT molecular complexity index is 815. The van der Waals surface area contributed by atoms with E-state index in [0.717, 1.165) is 0 Å². The van der Waals surface area contributed by atoms with Crippen molar-refractivity contribution < 1.29 is 23.1 Å². The molecule has 2 rings (SSSR count). The predicted molar refractivity (Wildman–Crippen MR) is 84.9 cm³/mol. The van der Waals surface area contributed by atoms with Crippen LogP contribution in [0, 0.1) is 0 Å². The summed E-state index contributed by atoms with van der Waals surface area (Å²) in [6.07, 6.45) is -0.400. The van der Waals surface area contributed by atoms with Crippen molar-refractivity contribution >= 4 is 27.5 Å². The quantitative estimate of drug-likeness (QED) is 0.758. The van der Waals surface area contributed by atoms with Crippen molar-refractivity contribution in [3.05, 3.63) is 60.2 Å². The molecule has 2 N–H and O–H groups in total. The highest BCUT2D eigenvalue weighted by Crippen LogP contribution is 2.18. The van der Waals surface area contributed by atoms with Crippen LogP contribution in [0.15, 0.2) is 59.5 Å². The van der Waals surface area contributed by atoms with E-state index in [2.05, 4.69) is 4.72 Å². The zero-order valence-corrected chi connectivity index (χ0v) is 12.9. The Morgan fingerprint density at radius 1 is 0.957 bits per heavy atom. The molecular weight excluding hydrogens is 318 g/mol. The summed E-state index contributed by atoms with van der Waals surface area (Å²) in [7, 11) is -3.74. The van der Waals surface area contributed by atoms with Crippen molar-refractivity contribution in [2.24, 2.45) is 0 Å². The van der Waals surface area contributed by atoms with E-state index in [4.69, 9.17) is 5.11 Å². The van der Waals surface area contributed by atoms with Crippen LogP contribution in [0.3, 0.4) is 0 Å². The monoisotopic (exact) mass is 333 g/mol. The van der Waals surface area contributed by atoms with Crippen molar-refractivity contribution in [1.82, 2.24) is 0 Å². The number of carbonyl (C=O) groups is 2. The highest BCUT2D eigenvalue weighted by atomic mass is 32.2. The highest BCUT2D eigenvalue weighted by Gasteiger charge is 2.15. The molecule has 0 aliphatic carbocycles. The third kappa shape index (κ3) is 4.65. The van der Waals surface area contributed by atoms with Gasteiger partial charge in [0.1, 0.15) is 0 Å². The number of carbonyl (C=O) groups excluding carboxylic acids is 1. The van der Waals surface area contributed by atoms with Crippen LogP contribution in [0.4, 0.5) is 5.69 Å². The lowest BCUT2D eigenvalue weighted by Crippen LogP contribution is -2.13. The van der Waals surface area contributed by atoms with Crippen molar-refractivity contribution in [2.45, 2.75) is 17.7 Å². The number of sulfonamides is 1. The van der Waals surface area contributed by atoms with Gasteiger partial charge in [-0.1, -0.05) is 30.3 Å². The minimum atomic E-state index is -3.74. The van der Waals surface area contributed by atoms with Crippen molar-refractivity contribution in [3.63, 3.8) is 0 Å². The Morgan fingerprint density at radius 3 is 2.30 bits per heavy atom. The van der Waals surface area contributed by atoms with Gasteiger partial charge in [-0.2, -0.15) is 0 Å². The van der Waals surface area contributed by atoms with Crippen LogP contribution in [-0.4, -0.2) is 25.3 Å². The number of ketones is 1.